The Morgan fingerprint density at radius 1 is 1.09 bits per heavy atom. The summed E-state index contributed by atoms with van der Waals surface area (Å²) in [6.45, 7) is 0.635. The van der Waals surface area contributed by atoms with E-state index in [-0.39, 0.29) is 5.56 Å². The van der Waals surface area contributed by atoms with Gasteiger partial charge in [-0.25, -0.2) is 4.98 Å². The molecule has 114 valence electrons. The molecule has 4 rings (SSSR count). The first-order valence-electron chi connectivity index (χ1n) is 7.28. The van der Waals surface area contributed by atoms with Gasteiger partial charge in [-0.3, -0.25) is 9.36 Å². The first-order chi connectivity index (χ1) is 11.1. The van der Waals surface area contributed by atoms with Crippen LogP contribution in [0, 0.1) is 0 Å². The van der Waals surface area contributed by atoms with Gasteiger partial charge in [-0.15, -0.1) is 0 Å². The van der Waals surface area contributed by atoms with E-state index in [4.69, 9.17) is 23.2 Å². The second kappa shape index (κ2) is 5.52. The Morgan fingerprint density at radius 3 is 2.74 bits per heavy atom. The van der Waals surface area contributed by atoms with Crippen molar-refractivity contribution in [2.24, 2.45) is 0 Å². The van der Waals surface area contributed by atoms with Crippen LogP contribution in [-0.4, -0.2) is 9.55 Å². The molecule has 2 aromatic carbocycles. The van der Waals surface area contributed by atoms with Crippen LogP contribution < -0.4 is 5.56 Å². The molecule has 0 unspecified atom stereocenters. The van der Waals surface area contributed by atoms with E-state index in [1.165, 1.54) is 0 Å². The van der Waals surface area contributed by atoms with Crippen molar-refractivity contribution in [2.45, 2.75) is 13.0 Å². The summed E-state index contributed by atoms with van der Waals surface area (Å²) in [5, 5.41) is 1.80. The van der Waals surface area contributed by atoms with Crippen LogP contribution in [0.25, 0.3) is 22.6 Å². The van der Waals surface area contributed by atoms with Crippen molar-refractivity contribution in [1.29, 1.82) is 0 Å². The van der Waals surface area contributed by atoms with Crippen LogP contribution in [0.5, 0.6) is 0 Å². The summed E-state index contributed by atoms with van der Waals surface area (Å²) in [5.41, 5.74) is 2.68. The van der Waals surface area contributed by atoms with Gasteiger partial charge in [0.2, 0.25) is 0 Å². The zero-order valence-corrected chi connectivity index (χ0v) is 13.6. The van der Waals surface area contributed by atoms with Crippen molar-refractivity contribution in [2.75, 3.05) is 0 Å². The highest BCUT2D eigenvalue weighted by molar-refractivity contribution is 6.31. The zero-order valence-electron chi connectivity index (χ0n) is 12.1. The fraction of sp³-hybridized carbons (Fsp3) is 0.111. The van der Waals surface area contributed by atoms with Gasteiger partial charge in [0.1, 0.15) is 5.82 Å². The molecule has 23 heavy (non-hydrogen) atoms. The van der Waals surface area contributed by atoms with E-state index < -0.39 is 0 Å². The number of benzene rings is 2. The van der Waals surface area contributed by atoms with Crippen molar-refractivity contribution in [3.8, 4) is 0 Å². The number of hydrogen-bond acceptors (Lipinski definition) is 2. The predicted octanol–water partition coefficient (Wildman–Crippen LogP) is 4.65. The lowest BCUT2D eigenvalue weighted by molar-refractivity contribution is 0.725. The second-order valence-electron chi connectivity index (χ2n) is 5.53. The molecule has 0 radical (unpaired) electrons. The highest BCUT2D eigenvalue weighted by atomic mass is 35.5. The number of nitrogens with zero attached hydrogens (tertiary/aromatic N) is 2. The van der Waals surface area contributed by atoms with E-state index in [0.717, 1.165) is 23.4 Å². The minimum Gasteiger partial charge on any atom is -0.292 e. The lowest BCUT2D eigenvalue weighted by Gasteiger charge is -2.06. The SMILES string of the molecule is O=c1c2cc(Cl)ccc2nc2n1CCC2=Cc1cccc(Cl)c1. The monoisotopic (exact) mass is 342 g/mol. The molecule has 0 N–H and O–H groups in total. The molecular weight excluding hydrogens is 331 g/mol. The van der Waals surface area contributed by atoms with Gasteiger partial charge in [-0.2, -0.15) is 0 Å². The molecule has 3 nitrogen and oxygen atoms in total. The zero-order chi connectivity index (χ0) is 16.0. The molecule has 0 bridgehead atoms. The van der Waals surface area contributed by atoms with Crippen LogP contribution in [0.1, 0.15) is 17.8 Å². The van der Waals surface area contributed by atoms with E-state index in [1.54, 1.807) is 22.8 Å². The molecule has 0 fully saturated rings. The van der Waals surface area contributed by atoms with Gasteiger partial charge in [0.15, 0.2) is 0 Å². The van der Waals surface area contributed by atoms with Crippen molar-refractivity contribution in [3.05, 3.63) is 74.3 Å². The molecule has 1 aliphatic heterocycles. The summed E-state index contributed by atoms with van der Waals surface area (Å²) >= 11 is 12.0. The summed E-state index contributed by atoms with van der Waals surface area (Å²) in [6.07, 6.45) is 2.82. The number of fused-ring (bicyclic) bond motifs is 2. The molecule has 0 amide bonds. The van der Waals surface area contributed by atoms with E-state index >= 15 is 0 Å². The molecule has 2 heterocycles. The molecule has 0 spiro atoms. The highest BCUT2D eigenvalue weighted by Crippen LogP contribution is 2.28. The largest absolute Gasteiger partial charge is 0.292 e. The smallest absolute Gasteiger partial charge is 0.261 e. The fourth-order valence-electron chi connectivity index (χ4n) is 2.92. The van der Waals surface area contributed by atoms with Crippen LogP contribution in [0.4, 0.5) is 0 Å². The number of halogens is 2. The highest BCUT2D eigenvalue weighted by Gasteiger charge is 2.20. The summed E-state index contributed by atoms with van der Waals surface area (Å²) in [6, 6.07) is 12.9. The van der Waals surface area contributed by atoms with E-state index in [0.29, 0.717) is 27.5 Å². The van der Waals surface area contributed by atoms with Crippen LogP contribution >= 0.6 is 23.2 Å². The average Bonchev–Trinajstić information content (AvgIpc) is 2.92. The van der Waals surface area contributed by atoms with Gasteiger partial charge >= 0.3 is 0 Å². The Labute approximate surface area is 142 Å². The van der Waals surface area contributed by atoms with Crippen LogP contribution in [0.2, 0.25) is 10.0 Å². The summed E-state index contributed by atoms with van der Waals surface area (Å²) in [7, 11) is 0. The van der Waals surface area contributed by atoms with Crippen molar-refractivity contribution >= 4 is 45.8 Å². The van der Waals surface area contributed by atoms with Gasteiger partial charge < -0.3 is 0 Å². The third-order valence-electron chi connectivity index (χ3n) is 4.00. The topological polar surface area (TPSA) is 34.9 Å². The Morgan fingerprint density at radius 2 is 1.91 bits per heavy atom. The molecule has 0 saturated heterocycles. The number of hydrogen-bond donors (Lipinski definition) is 0. The van der Waals surface area contributed by atoms with Crippen LogP contribution in [0.15, 0.2) is 47.3 Å². The average molecular weight is 343 g/mol. The normalized spacial score (nSPS) is 15.3. The Hall–Kier alpha value is -2.10. The molecule has 1 aliphatic rings. The Bertz CT molecular complexity index is 1020. The molecule has 0 atom stereocenters. The quantitative estimate of drug-likeness (QED) is 0.645. The lowest BCUT2D eigenvalue weighted by Crippen LogP contribution is -2.20. The minimum atomic E-state index is -0.0398. The maximum absolute atomic E-state index is 12.6. The van der Waals surface area contributed by atoms with E-state index in [9.17, 15) is 4.79 Å². The van der Waals surface area contributed by atoms with Crippen molar-refractivity contribution < 1.29 is 0 Å². The summed E-state index contributed by atoms with van der Waals surface area (Å²) in [4.78, 5) is 17.3. The molecule has 0 saturated carbocycles. The summed E-state index contributed by atoms with van der Waals surface area (Å²) in [5.74, 6) is 0.727. The maximum Gasteiger partial charge on any atom is 0.261 e. The number of aromatic nitrogens is 2. The first kappa shape index (κ1) is 14.5. The third kappa shape index (κ3) is 2.56. The van der Waals surface area contributed by atoms with Crippen LogP contribution in [-0.2, 0) is 6.54 Å². The van der Waals surface area contributed by atoms with E-state index in [1.807, 2.05) is 30.3 Å². The number of rotatable bonds is 1. The van der Waals surface area contributed by atoms with Gasteiger partial charge in [0.05, 0.1) is 10.9 Å². The molecule has 3 aromatic rings. The standard InChI is InChI=1S/C18H12Cl2N2O/c19-13-3-1-2-11(9-13)8-12-6-7-22-17(12)21-16-5-4-14(20)10-15(16)18(22)23/h1-5,8-10H,6-7H2. The molecule has 0 aliphatic carbocycles. The fourth-order valence-corrected chi connectivity index (χ4v) is 3.29. The third-order valence-corrected chi connectivity index (χ3v) is 4.47. The van der Waals surface area contributed by atoms with Gasteiger partial charge in [0.25, 0.3) is 5.56 Å². The minimum absolute atomic E-state index is 0.0398. The second-order valence-corrected chi connectivity index (χ2v) is 6.40. The molecule has 1 aromatic heterocycles. The maximum atomic E-state index is 12.6. The molecular formula is C18H12Cl2N2O. The van der Waals surface area contributed by atoms with Crippen molar-refractivity contribution in [3.63, 3.8) is 0 Å². The van der Waals surface area contributed by atoms with Gasteiger partial charge in [-0.05, 0) is 54.0 Å². The predicted molar refractivity (Wildman–Crippen MR) is 95.0 cm³/mol. The lowest BCUT2D eigenvalue weighted by atomic mass is 10.1. The first-order valence-corrected chi connectivity index (χ1v) is 8.04. The van der Waals surface area contributed by atoms with E-state index in [2.05, 4.69) is 4.98 Å². The van der Waals surface area contributed by atoms with Gasteiger partial charge in [0, 0.05) is 16.6 Å². The van der Waals surface area contributed by atoms with Gasteiger partial charge in [-0.1, -0.05) is 35.3 Å². The Balaban J connectivity index is 1.90. The van der Waals surface area contributed by atoms with Crippen molar-refractivity contribution in [1.82, 2.24) is 9.55 Å². The number of allylic oxidation sites excluding steroid dienone is 1. The van der Waals surface area contributed by atoms with Crippen LogP contribution in [0.3, 0.4) is 0 Å². The Kier molecular flexibility index (Phi) is 3.47. The summed E-state index contributed by atoms with van der Waals surface area (Å²) < 4.78 is 1.72. The molecule has 5 heteroatoms.